The van der Waals surface area contributed by atoms with Crippen LogP contribution < -0.4 is 0 Å². The lowest BCUT2D eigenvalue weighted by Crippen LogP contribution is -1.79. The Hall–Kier alpha value is -0.940. The van der Waals surface area contributed by atoms with Gasteiger partial charge in [0.25, 0.3) is 0 Å². The van der Waals surface area contributed by atoms with E-state index in [-0.39, 0.29) is 0 Å². The Bertz CT molecular complexity index is 1020. The number of thiol groups is 2. The number of benzene rings is 3. The summed E-state index contributed by atoms with van der Waals surface area (Å²) in [6, 6.07) is 13.1. The summed E-state index contributed by atoms with van der Waals surface area (Å²) in [7, 11) is 0. The zero-order valence-corrected chi connectivity index (χ0v) is 13.6. The molecule has 2 aromatic heterocycles. The van der Waals surface area contributed by atoms with E-state index in [9.17, 15) is 0 Å². The van der Waals surface area contributed by atoms with Crippen molar-refractivity contribution in [2.45, 2.75) is 8.42 Å². The lowest BCUT2D eigenvalue weighted by Gasteiger charge is -2.06. The molecule has 0 nitrogen and oxygen atoms in total. The smallest absolute Gasteiger partial charge is 0.0659 e. The van der Waals surface area contributed by atoms with Gasteiger partial charge in [0.05, 0.1) is 8.42 Å². The van der Waals surface area contributed by atoms with Gasteiger partial charge < -0.3 is 0 Å². The molecule has 0 aliphatic rings. The first kappa shape index (κ1) is 11.7. The molecule has 5 rings (SSSR count). The van der Waals surface area contributed by atoms with E-state index in [0.717, 1.165) is 8.42 Å². The second-order valence-corrected chi connectivity index (χ2v) is 8.53. The van der Waals surface area contributed by atoms with Crippen molar-refractivity contribution in [1.82, 2.24) is 0 Å². The van der Waals surface area contributed by atoms with E-state index < -0.39 is 0 Å². The van der Waals surface area contributed by atoms with E-state index in [1.165, 1.54) is 41.7 Å². The largest absolute Gasteiger partial charge is 0.132 e. The summed E-state index contributed by atoms with van der Waals surface area (Å²) in [5.74, 6) is 0. The maximum absolute atomic E-state index is 4.73. The van der Waals surface area contributed by atoms with Crippen LogP contribution in [0.25, 0.3) is 41.7 Å². The van der Waals surface area contributed by atoms with Crippen molar-refractivity contribution < 1.29 is 0 Å². The third-order valence-electron chi connectivity index (χ3n) is 3.93. The molecule has 0 aliphatic carbocycles. The van der Waals surface area contributed by atoms with Crippen LogP contribution in [0.5, 0.6) is 0 Å². The number of thiophene rings is 2. The summed E-state index contributed by atoms with van der Waals surface area (Å²) in [6.45, 7) is 0. The van der Waals surface area contributed by atoms with Crippen molar-refractivity contribution in [2.24, 2.45) is 0 Å². The molecule has 0 aliphatic heterocycles. The average Bonchev–Trinajstić information content (AvgIpc) is 2.95. The van der Waals surface area contributed by atoms with Crippen LogP contribution in [0.4, 0.5) is 0 Å². The zero-order chi connectivity index (χ0) is 13.4. The normalized spacial score (nSPS) is 12.5. The standard InChI is InChI=1S/C16H8S4/c17-15-13-7-3-1-5-9-11(7)14(16(18)19-9)8-4-2-6-10(20-15)12(8)13/h1-6,17-18H. The van der Waals surface area contributed by atoms with Gasteiger partial charge in [0.2, 0.25) is 0 Å². The highest BCUT2D eigenvalue weighted by molar-refractivity contribution is 7.83. The molecule has 96 valence electrons. The summed E-state index contributed by atoms with van der Waals surface area (Å²) < 4.78 is 4.84. The number of fused-ring (bicyclic) bond motifs is 2. The summed E-state index contributed by atoms with van der Waals surface area (Å²) >= 11 is 13.0. The first-order valence-corrected chi connectivity index (χ1v) is 8.78. The van der Waals surface area contributed by atoms with Crippen LogP contribution >= 0.6 is 47.9 Å². The fourth-order valence-electron chi connectivity index (χ4n) is 3.19. The molecule has 0 spiro atoms. The highest BCUT2D eigenvalue weighted by Crippen LogP contribution is 2.49. The van der Waals surface area contributed by atoms with Crippen molar-refractivity contribution >= 4 is 89.6 Å². The fraction of sp³-hybridized carbons (Fsp3) is 0. The van der Waals surface area contributed by atoms with E-state index >= 15 is 0 Å². The molecule has 0 N–H and O–H groups in total. The lowest BCUT2D eigenvalue weighted by molar-refractivity contribution is 1.84. The van der Waals surface area contributed by atoms with E-state index in [4.69, 9.17) is 25.3 Å². The number of rotatable bonds is 0. The number of hydrogen-bond donors (Lipinski definition) is 2. The van der Waals surface area contributed by atoms with Crippen LogP contribution in [0.2, 0.25) is 0 Å². The molecule has 3 aromatic carbocycles. The van der Waals surface area contributed by atoms with Crippen LogP contribution in [0.15, 0.2) is 44.8 Å². The molecule has 0 fully saturated rings. The summed E-state index contributed by atoms with van der Waals surface area (Å²) in [6.07, 6.45) is 0. The van der Waals surface area contributed by atoms with Gasteiger partial charge in [-0.25, -0.2) is 0 Å². The maximum atomic E-state index is 4.73. The second-order valence-electron chi connectivity index (χ2n) is 4.92. The molecule has 0 bridgehead atoms. The third-order valence-corrected chi connectivity index (χ3v) is 6.84. The first-order chi connectivity index (χ1) is 9.75. The van der Waals surface area contributed by atoms with Gasteiger partial charge in [-0.05, 0) is 22.9 Å². The van der Waals surface area contributed by atoms with Gasteiger partial charge >= 0.3 is 0 Å². The predicted molar refractivity (Wildman–Crippen MR) is 97.9 cm³/mol. The van der Waals surface area contributed by atoms with Gasteiger partial charge in [-0.1, -0.05) is 24.3 Å². The van der Waals surface area contributed by atoms with Crippen LogP contribution in [0.3, 0.4) is 0 Å². The molecular formula is C16H8S4. The average molecular weight is 329 g/mol. The molecule has 0 saturated carbocycles. The fourth-order valence-corrected chi connectivity index (χ4v) is 6.21. The van der Waals surface area contributed by atoms with Crippen molar-refractivity contribution in [1.29, 1.82) is 0 Å². The molecule has 4 heteroatoms. The van der Waals surface area contributed by atoms with E-state index in [1.54, 1.807) is 22.7 Å². The van der Waals surface area contributed by atoms with Crippen LogP contribution in [-0.2, 0) is 0 Å². The molecular weight excluding hydrogens is 320 g/mol. The van der Waals surface area contributed by atoms with E-state index in [1.807, 2.05) is 0 Å². The molecule has 0 unspecified atom stereocenters. The molecule has 2 heterocycles. The second kappa shape index (κ2) is 3.83. The minimum absolute atomic E-state index is 1.11. The topological polar surface area (TPSA) is 0 Å². The minimum Gasteiger partial charge on any atom is -0.132 e. The Morgan fingerprint density at radius 1 is 0.600 bits per heavy atom. The molecule has 0 saturated heterocycles. The highest BCUT2D eigenvalue weighted by atomic mass is 32.2. The van der Waals surface area contributed by atoms with Gasteiger partial charge in [0.15, 0.2) is 0 Å². The summed E-state index contributed by atoms with van der Waals surface area (Å²) in [5.41, 5.74) is 0. The Labute approximate surface area is 134 Å². The molecule has 0 radical (unpaired) electrons. The third kappa shape index (κ3) is 1.26. The van der Waals surface area contributed by atoms with Gasteiger partial charge in [-0.15, -0.1) is 47.9 Å². The Balaban J connectivity index is 2.35. The SMILES string of the molecule is Sc1sc2cccc3c4c(S)sc5cccc(c1c23)c54. The Morgan fingerprint density at radius 2 is 1.05 bits per heavy atom. The molecule has 20 heavy (non-hydrogen) atoms. The van der Waals surface area contributed by atoms with Crippen LogP contribution in [0.1, 0.15) is 0 Å². The first-order valence-electron chi connectivity index (χ1n) is 6.25. The van der Waals surface area contributed by atoms with E-state index in [0.29, 0.717) is 0 Å². The monoisotopic (exact) mass is 328 g/mol. The van der Waals surface area contributed by atoms with Crippen molar-refractivity contribution in [3.05, 3.63) is 36.4 Å². The van der Waals surface area contributed by atoms with Crippen molar-refractivity contribution in [3.8, 4) is 0 Å². The molecule has 0 atom stereocenters. The Kier molecular flexibility index (Phi) is 2.24. The van der Waals surface area contributed by atoms with Crippen LogP contribution in [0, 0.1) is 0 Å². The maximum Gasteiger partial charge on any atom is 0.0659 e. The predicted octanol–water partition coefficient (Wildman–Crippen LogP) is 6.44. The highest BCUT2D eigenvalue weighted by Gasteiger charge is 2.19. The summed E-state index contributed by atoms with van der Waals surface area (Å²) in [5, 5.41) is 7.90. The van der Waals surface area contributed by atoms with E-state index in [2.05, 4.69) is 36.4 Å². The van der Waals surface area contributed by atoms with Gasteiger partial charge in [0, 0.05) is 30.9 Å². The molecule has 0 amide bonds. The van der Waals surface area contributed by atoms with Crippen LogP contribution in [-0.4, -0.2) is 0 Å². The Morgan fingerprint density at radius 3 is 1.50 bits per heavy atom. The van der Waals surface area contributed by atoms with Gasteiger partial charge in [0.1, 0.15) is 0 Å². The summed E-state index contributed by atoms with van der Waals surface area (Å²) in [4.78, 5) is 0. The quantitative estimate of drug-likeness (QED) is 0.237. The lowest BCUT2D eigenvalue weighted by atomic mass is 9.97. The van der Waals surface area contributed by atoms with Gasteiger partial charge in [-0.3, -0.25) is 0 Å². The van der Waals surface area contributed by atoms with Crippen molar-refractivity contribution in [2.75, 3.05) is 0 Å². The van der Waals surface area contributed by atoms with Crippen molar-refractivity contribution in [3.63, 3.8) is 0 Å². The number of hydrogen-bond acceptors (Lipinski definition) is 4. The van der Waals surface area contributed by atoms with Gasteiger partial charge in [-0.2, -0.15) is 0 Å². The molecule has 5 aromatic rings. The minimum atomic E-state index is 1.11. The zero-order valence-electron chi connectivity index (χ0n) is 10.2.